The third kappa shape index (κ3) is 2.32. The predicted molar refractivity (Wildman–Crippen MR) is 73.8 cm³/mol. The van der Waals surface area contributed by atoms with Gasteiger partial charge in [-0.1, -0.05) is 13.3 Å². The Labute approximate surface area is 113 Å². The predicted octanol–water partition coefficient (Wildman–Crippen LogP) is 2.40. The number of nitrogens with two attached hydrogens (primary N) is 1. The molecule has 0 saturated heterocycles. The van der Waals surface area contributed by atoms with E-state index in [-0.39, 0.29) is 11.8 Å². The molecule has 1 aromatic carbocycles. The Hall–Kier alpha value is -1.55. The van der Waals surface area contributed by atoms with Crippen molar-refractivity contribution in [2.24, 2.45) is 11.1 Å². The van der Waals surface area contributed by atoms with Crippen LogP contribution >= 0.6 is 0 Å². The summed E-state index contributed by atoms with van der Waals surface area (Å²) < 4.78 is 10.5. The van der Waals surface area contributed by atoms with Crippen LogP contribution in [0.4, 0.5) is 0 Å². The highest BCUT2D eigenvalue weighted by Crippen LogP contribution is 2.41. The van der Waals surface area contributed by atoms with Crippen molar-refractivity contribution in [3.63, 3.8) is 0 Å². The van der Waals surface area contributed by atoms with Crippen LogP contribution in [-0.2, 0) is 0 Å². The van der Waals surface area contributed by atoms with E-state index in [2.05, 4.69) is 0 Å². The number of methoxy groups -OCH3 is 2. The van der Waals surface area contributed by atoms with E-state index in [1.54, 1.807) is 32.4 Å². The highest BCUT2D eigenvalue weighted by atomic mass is 16.5. The Balaban J connectivity index is 2.38. The van der Waals surface area contributed by atoms with Gasteiger partial charge in [0.05, 0.1) is 19.8 Å². The molecule has 4 nitrogen and oxygen atoms in total. The van der Waals surface area contributed by atoms with Crippen LogP contribution in [0.2, 0.25) is 0 Å². The Morgan fingerprint density at radius 1 is 1.37 bits per heavy atom. The molecule has 0 radical (unpaired) electrons. The van der Waals surface area contributed by atoms with Crippen LogP contribution in [0, 0.1) is 5.41 Å². The van der Waals surface area contributed by atoms with Gasteiger partial charge in [0.25, 0.3) is 0 Å². The Kier molecular flexibility index (Phi) is 3.80. The number of Topliss-reactive ketones (excluding diaryl/α,β-unsaturated/α-hetero) is 1. The monoisotopic (exact) mass is 263 g/mol. The lowest BCUT2D eigenvalue weighted by Gasteiger charge is -2.28. The van der Waals surface area contributed by atoms with Gasteiger partial charge >= 0.3 is 0 Å². The van der Waals surface area contributed by atoms with Crippen LogP contribution in [0.1, 0.15) is 36.5 Å². The van der Waals surface area contributed by atoms with Crippen molar-refractivity contribution in [2.45, 2.75) is 32.2 Å². The number of ketones is 1. The van der Waals surface area contributed by atoms with E-state index in [0.717, 1.165) is 19.3 Å². The average Bonchev–Trinajstić information content (AvgIpc) is 2.78. The first-order chi connectivity index (χ1) is 9.02. The molecule has 1 aromatic rings. The molecular weight excluding hydrogens is 242 g/mol. The van der Waals surface area contributed by atoms with Crippen molar-refractivity contribution in [1.29, 1.82) is 0 Å². The van der Waals surface area contributed by atoms with Crippen molar-refractivity contribution in [3.8, 4) is 11.5 Å². The van der Waals surface area contributed by atoms with Crippen molar-refractivity contribution >= 4 is 5.78 Å². The van der Waals surface area contributed by atoms with E-state index in [0.29, 0.717) is 17.1 Å². The summed E-state index contributed by atoms with van der Waals surface area (Å²) in [5.41, 5.74) is 6.21. The lowest BCUT2D eigenvalue weighted by molar-refractivity contribution is 0.0799. The Bertz CT molecular complexity index is 486. The van der Waals surface area contributed by atoms with Gasteiger partial charge in [-0.3, -0.25) is 4.79 Å². The molecule has 19 heavy (non-hydrogen) atoms. The topological polar surface area (TPSA) is 61.5 Å². The summed E-state index contributed by atoms with van der Waals surface area (Å²) in [6, 6.07) is 5.19. The summed E-state index contributed by atoms with van der Waals surface area (Å²) in [5, 5.41) is 0. The van der Waals surface area contributed by atoms with Crippen LogP contribution in [0.3, 0.4) is 0 Å². The van der Waals surface area contributed by atoms with Gasteiger partial charge in [0.2, 0.25) is 0 Å². The maximum Gasteiger partial charge on any atom is 0.174 e. The van der Waals surface area contributed by atoms with E-state index >= 15 is 0 Å². The molecule has 0 heterocycles. The molecular formula is C15H21NO3. The number of benzene rings is 1. The molecule has 0 aliphatic heterocycles. The fourth-order valence-electron chi connectivity index (χ4n) is 2.77. The zero-order valence-electron chi connectivity index (χ0n) is 11.7. The first-order valence-corrected chi connectivity index (χ1v) is 6.55. The molecule has 2 N–H and O–H groups in total. The summed E-state index contributed by atoms with van der Waals surface area (Å²) in [7, 11) is 3.15. The molecule has 1 fully saturated rings. The number of ether oxygens (including phenoxy) is 2. The second kappa shape index (κ2) is 5.21. The van der Waals surface area contributed by atoms with Crippen LogP contribution in [0.25, 0.3) is 0 Å². The van der Waals surface area contributed by atoms with Gasteiger partial charge in [0.15, 0.2) is 5.78 Å². The first-order valence-electron chi connectivity index (χ1n) is 6.55. The number of hydrogen-bond donors (Lipinski definition) is 1. The third-order valence-corrected chi connectivity index (χ3v) is 4.20. The van der Waals surface area contributed by atoms with E-state index in [1.807, 2.05) is 6.92 Å². The van der Waals surface area contributed by atoms with Crippen LogP contribution in [-0.4, -0.2) is 26.0 Å². The highest BCUT2D eigenvalue weighted by molar-refractivity contribution is 6.03. The number of carbonyl (C=O) groups is 1. The summed E-state index contributed by atoms with van der Waals surface area (Å²) in [4.78, 5) is 12.8. The van der Waals surface area contributed by atoms with Crippen LogP contribution < -0.4 is 15.2 Å². The molecule has 104 valence electrons. The summed E-state index contributed by atoms with van der Waals surface area (Å²) >= 11 is 0. The van der Waals surface area contributed by atoms with Gasteiger partial charge in [0.1, 0.15) is 11.5 Å². The minimum absolute atomic E-state index is 0.0667. The quantitative estimate of drug-likeness (QED) is 0.847. The molecule has 2 rings (SSSR count). The SMILES string of the molecule is COc1ccc(C(=O)C2(C)CCCC2N)c(OC)c1. The largest absolute Gasteiger partial charge is 0.497 e. The Morgan fingerprint density at radius 2 is 2.11 bits per heavy atom. The molecule has 1 aliphatic rings. The van der Waals surface area contributed by atoms with E-state index in [4.69, 9.17) is 15.2 Å². The molecule has 0 spiro atoms. The van der Waals surface area contributed by atoms with Gasteiger partial charge < -0.3 is 15.2 Å². The molecule has 0 bridgehead atoms. The van der Waals surface area contributed by atoms with Gasteiger partial charge in [0, 0.05) is 17.5 Å². The van der Waals surface area contributed by atoms with E-state index in [1.165, 1.54) is 0 Å². The summed E-state index contributed by atoms with van der Waals surface area (Å²) in [6.07, 6.45) is 2.74. The van der Waals surface area contributed by atoms with Gasteiger partial charge in [-0.2, -0.15) is 0 Å². The zero-order valence-corrected chi connectivity index (χ0v) is 11.7. The van der Waals surface area contributed by atoms with Gasteiger partial charge in [-0.05, 0) is 25.0 Å². The van der Waals surface area contributed by atoms with Gasteiger partial charge in [-0.25, -0.2) is 0 Å². The minimum atomic E-state index is -0.484. The summed E-state index contributed by atoms with van der Waals surface area (Å²) in [6.45, 7) is 1.96. The second-order valence-corrected chi connectivity index (χ2v) is 5.31. The summed E-state index contributed by atoms with van der Waals surface area (Å²) in [5.74, 6) is 1.29. The molecule has 2 atom stereocenters. The van der Waals surface area contributed by atoms with E-state index in [9.17, 15) is 4.79 Å². The van der Waals surface area contributed by atoms with Gasteiger partial charge in [-0.15, -0.1) is 0 Å². The molecule has 1 aliphatic carbocycles. The van der Waals surface area contributed by atoms with Crippen LogP contribution in [0.5, 0.6) is 11.5 Å². The molecule has 1 saturated carbocycles. The molecule has 0 amide bonds. The smallest absolute Gasteiger partial charge is 0.174 e. The minimum Gasteiger partial charge on any atom is -0.497 e. The lowest BCUT2D eigenvalue weighted by atomic mass is 9.78. The van der Waals surface area contributed by atoms with Crippen molar-refractivity contribution in [2.75, 3.05) is 14.2 Å². The number of carbonyl (C=O) groups excluding carboxylic acids is 1. The molecule has 2 unspecified atom stereocenters. The number of hydrogen-bond acceptors (Lipinski definition) is 4. The highest BCUT2D eigenvalue weighted by Gasteiger charge is 2.43. The van der Waals surface area contributed by atoms with Crippen molar-refractivity contribution in [1.82, 2.24) is 0 Å². The Morgan fingerprint density at radius 3 is 2.63 bits per heavy atom. The number of rotatable bonds is 4. The zero-order chi connectivity index (χ0) is 14.0. The normalized spacial score (nSPS) is 26.2. The maximum atomic E-state index is 12.8. The van der Waals surface area contributed by atoms with E-state index < -0.39 is 5.41 Å². The van der Waals surface area contributed by atoms with Crippen molar-refractivity contribution in [3.05, 3.63) is 23.8 Å². The third-order valence-electron chi connectivity index (χ3n) is 4.20. The standard InChI is InChI=1S/C15H21NO3/c1-15(8-4-5-13(15)16)14(17)11-7-6-10(18-2)9-12(11)19-3/h6-7,9,13H,4-5,8,16H2,1-3H3. The second-order valence-electron chi connectivity index (χ2n) is 5.31. The first kappa shape index (κ1) is 13.9. The maximum absolute atomic E-state index is 12.8. The van der Waals surface area contributed by atoms with Crippen molar-refractivity contribution < 1.29 is 14.3 Å². The lowest BCUT2D eigenvalue weighted by Crippen LogP contribution is -2.41. The molecule has 0 aromatic heterocycles. The fraction of sp³-hybridized carbons (Fsp3) is 0.533. The fourth-order valence-corrected chi connectivity index (χ4v) is 2.77. The average molecular weight is 263 g/mol. The van der Waals surface area contributed by atoms with Crippen LogP contribution in [0.15, 0.2) is 18.2 Å². The molecule has 4 heteroatoms.